The maximum atomic E-state index is 13.2. The molecule has 0 atom stereocenters. The summed E-state index contributed by atoms with van der Waals surface area (Å²) in [6.07, 6.45) is -4.39. The standard InChI is InChI=1S/C17H25F3N6O/c1-11(2)27-10-9-24-5-7-25(8-6-24)15-13(4)12(3)14-21-22-16(17(18,19)20)26(14)23-15/h11H,5-10H2,1-4H3. The monoisotopic (exact) mass is 386 g/mol. The quantitative estimate of drug-likeness (QED) is 0.786. The van der Waals surface area contributed by atoms with E-state index in [2.05, 4.69) is 20.2 Å². The first-order chi connectivity index (χ1) is 12.7. The predicted molar refractivity (Wildman–Crippen MR) is 95.0 cm³/mol. The van der Waals surface area contributed by atoms with E-state index in [1.807, 2.05) is 25.7 Å². The van der Waals surface area contributed by atoms with Gasteiger partial charge in [-0.05, 0) is 27.7 Å². The lowest BCUT2D eigenvalue weighted by Crippen LogP contribution is -2.48. The molecule has 150 valence electrons. The molecule has 1 aliphatic rings. The zero-order valence-corrected chi connectivity index (χ0v) is 16.0. The number of fused-ring (bicyclic) bond motifs is 1. The van der Waals surface area contributed by atoms with E-state index in [9.17, 15) is 13.2 Å². The Balaban J connectivity index is 1.78. The van der Waals surface area contributed by atoms with Crippen LogP contribution in [0.1, 0.15) is 30.8 Å². The summed E-state index contributed by atoms with van der Waals surface area (Å²) in [6.45, 7) is 12.2. The topological polar surface area (TPSA) is 58.8 Å². The maximum absolute atomic E-state index is 13.2. The van der Waals surface area contributed by atoms with Crippen molar-refractivity contribution in [3.05, 3.63) is 17.0 Å². The molecular formula is C17H25F3N6O. The summed E-state index contributed by atoms with van der Waals surface area (Å²) in [4.78, 5) is 4.32. The smallest absolute Gasteiger partial charge is 0.377 e. The molecule has 10 heteroatoms. The summed E-state index contributed by atoms with van der Waals surface area (Å²) in [7, 11) is 0. The fourth-order valence-electron chi connectivity index (χ4n) is 3.19. The highest BCUT2D eigenvalue weighted by molar-refractivity contribution is 5.59. The molecule has 0 N–H and O–H groups in total. The number of rotatable bonds is 5. The fourth-order valence-corrected chi connectivity index (χ4v) is 3.19. The average molecular weight is 386 g/mol. The van der Waals surface area contributed by atoms with E-state index in [-0.39, 0.29) is 11.8 Å². The first-order valence-electron chi connectivity index (χ1n) is 9.07. The van der Waals surface area contributed by atoms with Crippen LogP contribution in [0.2, 0.25) is 0 Å². The fraction of sp³-hybridized carbons (Fsp3) is 0.706. The summed E-state index contributed by atoms with van der Waals surface area (Å²) in [6, 6.07) is 0. The molecule has 27 heavy (non-hydrogen) atoms. The van der Waals surface area contributed by atoms with Gasteiger partial charge in [-0.15, -0.1) is 15.3 Å². The van der Waals surface area contributed by atoms with Crippen molar-refractivity contribution >= 4 is 11.5 Å². The van der Waals surface area contributed by atoms with Crippen LogP contribution in [0.5, 0.6) is 0 Å². The third-order valence-corrected chi connectivity index (χ3v) is 4.85. The van der Waals surface area contributed by atoms with Crippen LogP contribution in [0.3, 0.4) is 0 Å². The van der Waals surface area contributed by atoms with Crippen LogP contribution in [0.25, 0.3) is 5.65 Å². The van der Waals surface area contributed by atoms with Crippen LogP contribution in [-0.2, 0) is 10.9 Å². The van der Waals surface area contributed by atoms with Crippen LogP contribution >= 0.6 is 0 Å². The molecule has 0 amide bonds. The summed E-state index contributed by atoms with van der Waals surface area (Å²) in [5.74, 6) is -0.533. The molecule has 0 saturated carbocycles. The lowest BCUT2D eigenvalue weighted by atomic mass is 10.1. The molecule has 0 spiro atoms. The number of hydrogen-bond acceptors (Lipinski definition) is 6. The molecular weight excluding hydrogens is 361 g/mol. The zero-order chi connectivity index (χ0) is 19.8. The highest BCUT2D eigenvalue weighted by Crippen LogP contribution is 2.30. The Bertz CT molecular complexity index is 796. The van der Waals surface area contributed by atoms with Gasteiger partial charge in [0.15, 0.2) is 11.5 Å². The Hall–Kier alpha value is -1.94. The van der Waals surface area contributed by atoms with E-state index in [0.29, 0.717) is 31.1 Å². The van der Waals surface area contributed by atoms with E-state index in [4.69, 9.17) is 4.74 Å². The third kappa shape index (κ3) is 4.16. The molecule has 0 aromatic carbocycles. The SMILES string of the molecule is Cc1c(N2CCN(CCOC(C)C)CC2)nn2c(C(F)(F)F)nnc2c1C. The Kier molecular flexibility index (Phi) is 5.57. The third-order valence-electron chi connectivity index (χ3n) is 4.85. The van der Waals surface area contributed by atoms with Crippen LogP contribution in [0.15, 0.2) is 0 Å². The maximum Gasteiger partial charge on any atom is 0.453 e. The van der Waals surface area contributed by atoms with E-state index < -0.39 is 12.0 Å². The van der Waals surface area contributed by atoms with Crippen molar-refractivity contribution in [2.24, 2.45) is 0 Å². The van der Waals surface area contributed by atoms with Crippen molar-refractivity contribution < 1.29 is 17.9 Å². The second kappa shape index (κ2) is 7.59. The number of nitrogens with zero attached hydrogens (tertiary/aromatic N) is 6. The summed E-state index contributed by atoms with van der Waals surface area (Å²) in [5, 5.41) is 11.2. The minimum atomic E-state index is -4.60. The normalized spacial score (nSPS) is 16.7. The minimum Gasteiger partial charge on any atom is -0.377 e. The van der Waals surface area contributed by atoms with E-state index in [1.54, 1.807) is 6.92 Å². The van der Waals surface area contributed by atoms with Crippen molar-refractivity contribution in [3.8, 4) is 0 Å². The van der Waals surface area contributed by atoms with Crippen LogP contribution in [-0.4, -0.2) is 70.1 Å². The Labute approximate surface area is 156 Å². The molecule has 3 heterocycles. The van der Waals surface area contributed by atoms with Gasteiger partial charge < -0.3 is 9.64 Å². The zero-order valence-electron chi connectivity index (χ0n) is 16.0. The molecule has 0 bridgehead atoms. The Morgan fingerprint density at radius 1 is 1.04 bits per heavy atom. The summed E-state index contributed by atoms with van der Waals surface area (Å²) in [5.41, 5.74) is 1.64. The number of aromatic nitrogens is 4. The molecule has 2 aromatic rings. The first-order valence-corrected chi connectivity index (χ1v) is 9.07. The molecule has 7 nitrogen and oxygen atoms in total. The number of aryl methyl sites for hydroxylation is 1. The van der Waals surface area contributed by atoms with Gasteiger partial charge in [-0.3, -0.25) is 4.90 Å². The average Bonchev–Trinajstić information content (AvgIpc) is 3.03. The molecule has 0 aliphatic carbocycles. The number of alkyl halides is 3. The number of halogens is 3. The molecule has 3 rings (SSSR count). The summed E-state index contributed by atoms with van der Waals surface area (Å²) < 4.78 is 46.0. The van der Waals surface area contributed by atoms with Gasteiger partial charge in [-0.1, -0.05) is 0 Å². The van der Waals surface area contributed by atoms with Crippen LogP contribution < -0.4 is 4.90 Å². The van der Waals surface area contributed by atoms with Crippen molar-refractivity contribution in [1.29, 1.82) is 0 Å². The van der Waals surface area contributed by atoms with Gasteiger partial charge in [0, 0.05) is 43.9 Å². The second-order valence-corrected chi connectivity index (χ2v) is 7.08. The Morgan fingerprint density at radius 3 is 2.30 bits per heavy atom. The van der Waals surface area contributed by atoms with Crippen molar-refractivity contribution in [1.82, 2.24) is 24.7 Å². The van der Waals surface area contributed by atoms with Gasteiger partial charge in [0.25, 0.3) is 5.82 Å². The van der Waals surface area contributed by atoms with Gasteiger partial charge in [0.05, 0.1) is 12.7 Å². The Morgan fingerprint density at radius 2 is 1.70 bits per heavy atom. The van der Waals surface area contributed by atoms with E-state index >= 15 is 0 Å². The minimum absolute atomic E-state index is 0.146. The van der Waals surface area contributed by atoms with E-state index in [1.165, 1.54) is 0 Å². The molecule has 1 fully saturated rings. The first kappa shape index (κ1) is 19.8. The number of hydrogen-bond donors (Lipinski definition) is 0. The van der Waals surface area contributed by atoms with Crippen molar-refractivity contribution in [2.45, 2.75) is 40.0 Å². The number of piperazine rings is 1. The van der Waals surface area contributed by atoms with Gasteiger partial charge in [-0.2, -0.15) is 17.7 Å². The van der Waals surface area contributed by atoms with Crippen molar-refractivity contribution in [3.63, 3.8) is 0 Å². The van der Waals surface area contributed by atoms with Crippen LogP contribution in [0, 0.1) is 13.8 Å². The van der Waals surface area contributed by atoms with E-state index in [0.717, 1.165) is 29.7 Å². The van der Waals surface area contributed by atoms with Gasteiger partial charge >= 0.3 is 6.18 Å². The molecule has 2 aromatic heterocycles. The lowest BCUT2D eigenvalue weighted by molar-refractivity contribution is -0.146. The van der Waals surface area contributed by atoms with Crippen LogP contribution in [0.4, 0.5) is 19.0 Å². The molecule has 0 radical (unpaired) electrons. The second-order valence-electron chi connectivity index (χ2n) is 7.08. The molecule has 1 aliphatic heterocycles. The van der Waals surface area contributed by atoms with Gasteiger partial charge in [-0.25, -0.2) is 0 Å². The number of anilines is 1. The lowest BCUT2D eigenvalue weighted by Gasteiger charge is -2.36. The largest absolute Gasteiger partial charge is 0.453 e. The highest BCUT2D eigenvalue weighted by Gasteiger charge is 2.38. The van der Waals surface area contributed by atoms with Crippen molar-refractivity contribution in [2.75, 3.05) is 44.2 Å². The number of ether oxygens (including phenoxy) is 1. The molecule has 1 saturated heterocycles. The predicted octanol–water partition coefficient (Wildman–Crippen LogP) is 2.31. The van der Waals surface area contributed by atoms with Gasteiger partial charge in [0.2, 0.25) is 0 Å². The highest BCUT2D eigenvalue weighted by atomic mass is 19.4. The van der Waals surface area contributed by atoms with Gasteiger partial charge in [0.1, 0.15) is 0 Å². The molecule has 0 unspecified atom stereocenters. The summed E-state index contributed by atoms with van der Waals surface area (Å²) >= 11 is 0.